The zero-order valence-corrected chi connectivity index (χ0v) is 17.0. The first-order valence-electron chi connectivity index (χ1n) is 9.49. The Bertz CT molecular complexity index is 913. The molecule has 0 aliphatic carbocycles. The molecule has 1 aromatic heterocycles. The third kappa shape index (κ3) is 5.62. The van der Waals surface area contributed by atoms with Gasteiger partial charge in [0.15, 0.2) is 23.0 Å². The molecule has 2 aromatic carbocycles. The Morgan fingerprint density at radius 1 is 0.793 bits per heavy atom. The Balaban J connectivity index is 1.55. The number of rotatable bonds is 10. The Morgan fingerprint density at radius 2 is 1.52 bits per heavy atom. The molecular formula is C23H26N2O4. The van der Waals surface area contributed by atoms with Crippen LogP contribution in [-0.4, -0.2) is 25.8 Å². The lowest BCUT2D eigenvalue weighted by molar-refractivity contribution is 0.319. The Hall–Kier alpha value is -3.25. The zero-order chi connectivity index (χ0) is 20.5. The molecule has 0 aliphatic rings. The van der Waals surface area contributed by atoms with Gasteiger partial charge < -0.3 is 24.3 Å². The second-order valence-corrected chi connectivity index (χ2v) is 6.28. The van der Waals surface area contributed by atoms with Crippen molar-refractivity contribution < 1.29 is 18.9 Å². The van der Waals surface area contributed by atoms with Gasteiger partial charge in [-0.25, -0.2) is 4.98 Å². The summed E-state index contributed by atoms with van der Waals surface area (Å²) < 4.78 is 22.0. The molecule has 1 N–H and O–H groups in total. The van der Waals surface area contributed by atoms with E-state index < -0.39 is 0 Å². The van der Waals surface area contributed by atoms with Gasteiger partial charge in [0.25, 0.3) is 0 Å². The van der Waals surface area contributed by atoms with Gasteiger partial charge in [-0.05, 0) is 42.3 Å². The molecule has 0 saturated heterocycles. The van der Waals surface area contributed by atoms with Crippen LogP contribution >= 0.6 is 0 Å². The van der Waals surface area contributed by atoms with E-state index in [-0.39, 0.29) is 0 Å². The number of methoxy groups -OCH3 is 2. The van der Waals surface area contributed by atoms with Crippen molar-refractivity contribution in [1.82, 2.24) is 10.3 Å². The summed E-state index contributed by atoms with van der Waals surface area (Å²) in [6.07, 6.45) is 1.81. The van der Waals surface area contributed by atoms with E-state index in [4.69, 9.17) is 18.9 Å². The highest BCUT2D eigenvalue weighted by Crippen LogP contribution is 2.30. The van der Waals surface area contributed by atoms with Crippen LogP contribution < -0.4 is 24.3 Å². The highest BCUT2D eigenvalue weighted by atomic mass is 16.5. The van der Waals surface area contributed by atoms with E-state index in [1.54, 1.807) is 20.4 Å². The maximum absolute atomic E-state index is 5.86. The third-order valence-electron chi connectivity index (χ3n) is 4.27. The van der Waals surface area contributed by atoms with Gasteiger partial charge in [-0.15, -0.1) is 0 Å². The molecule has 0 fully saturated rings. The van der Waals surface area contributed by atoms with Crippen molar-refractivity contribution in [2.45, 2.75) is 20.0 Å². The average Bonchev–Trinajstić information content (AvgIpc) is 2.76. The van der Waals surface area contributed by atoms with E-state index in [0.29, 0.717) is 37.1 Å². The molecule has 1 heterocycles. The van der Waals surface area contributed by atoms with Crippen LogP contribution in [0.2, 0.25) is 0 Å². The molecule has 0 unspecified atom stereocenters. The number of pyridine rings is 1. The first-order valence-corrected chi connectivity index (χ1v) is 9.49. The summed E-state index contributed by atoms with van der Waals surface area (Å²) >= 11 is 0. The number of nitrogens with zero attached hydrogens (tertiary/aromatic N) is 1. The molecule has 152 valence electrons. The van der Waals surface area contributed by atoms with E-state index in [9.17, 15) is 0 Å². The lowest BCUT2D eigenvalue weighted by atomic mass is 10.2. The van der Waals surface area contributed by atoms with Crippen LogP contribution in [0.15, 0.2) is 60.8 Å². The Labute approximate surface area is 171 Å². The van der Waals surface area contributed by atoms with Crippen molar-refractivity contribution in [3.63, 3.8) is 0 Å². The van der Waals surface area contributed by atoms with E-state index in [1.165, 1.54) is 0 Å². The number of ether oxygens (including phenoxy) is 4. The SMILES string of the molecule is CCOc1ccccc1Oc1ccc(CNCc2ccc(OC)c(OC)c2)cn1. The number of para-hydroxylation sites is 2. The molecule has 0 atom stereocenters. The number of hydrogen-bond donors (Lipinski definition) is 1. The van der Waals surface area contributed by atoms with Crippen LogP contribution in [-0.2, 0) is 13.1 Å². The monoisotopic (exact) mass is 394 g/mol. The number of nitrogens with one attached hydrogen (secondary N) is 1. The fraction of sp³-hybridized carbons (Fsp3) is 0.261. The molecule has 6 nitrogen and oxygen atoms in total. The van der Waals surface area contributed by atoms with E-state index in [0.717, 1.165) is 22.6 Å². The minimum Gasteiger partial charge on any atom is -0.493 e. The van der Waals surface area contributed by atoms with Gasteiger partial charge in [-0.1, -0.05) is 24.3 Å². The lowest BCUT2D eigenvalue weighted by Gasteiger charge is -2.11. The van der Waals surface area contributed by atoms with Crippen LogP contribution in [0.25, 0.3) is 0 Å². The van der Waals surface area contributed by atoms with Crippen molar-refractivity contribution in [3.05, 3.63) is 71.9 Å². The summed E-state index contributed by atoms with van der Waals surface area (Å²) in [6.45, 7) is 3.93. The summed E-state index contributed by atoms with van der Waals surface area (Å²) in [5.74, 6) is 3.34. The molecule has 0 amide bonds. The maximum atomic E-state index is 5.86. The molecule has 3 rings (SSSR count). The van der Waals surface area contributed by atoms with Gasteiger partial charge in [-0.2, -0.15) is 0 Å². The van der Waals surface area contributed by atoms with Crippen LogP contribution in [0.1, 0.15) is 18.1 Å². The molecule has 6 heteroatoms. The quantitative estimate of drug-likeness (QED) is 0.543. The van der Waals surface area contributed by atoms with Gasteiger partial charge in [-0.3, -0.25) is 0 Å². The molecule has 0 aliphatic heterocycles. The molecule has 0 saturated carbocycles. The van der Waals surface area contributed by atoms with Crippen molar-refractivity contribution in [1.29, 1.82) is 0 Å². The normalized spacial score (nSPS) is 10.4. The summed E-state index contributed by atoms with van der Waals surface area (Å²) in [7, 11) is 3.27. The molecule has 0 spiro atoms. The van der Waals surface area contributed by atoms with Gasteiger partial charge in [0.2, 0.25) is 5.88 Å². The van der Waals surface area contributed by atoms with E-state index >= 15 is 0 Å². The smallest absolute Gasteiger partial charge is 0.219 e. The second-order valence-electron chi connectivity index (χ2n) is 6.28. The maximum Gasteiger partial charge on any atom is 0.219 e. The molecule has 29 heavy (non-hydrogen) atoms. The van der Waals surface area contributed by atoms with E-state index in [2.05, 4.69) is 10.3 Å². The summed E-state index contributed by atoms with van der Waals surface area (Å²) in [6, 6.07) is 17.3. The van der Waals surface area contributed by atoms with Crippen LogP contribution in [0, 0.1) is 0 Å². The third-order valence-corrected chi connectivity index (χ3v) is 4.27. The summed E-state index contributed by atoms with van der Waals surface area (Å²) in [5, 5.41) is 3.40. The topological polar surface area (TPSA) is 61.8 Å². The Morgan fingerprint density at radius 3 is 2.21 bits per heavy atom. The van der Waals surface area contributed by atoms with E-state index in [1.807, 2.05) is 61.5 Å². The number of benzene rings is 2. The lowest BCUT2D eigenvalue weighted by Crippen LogP contribution is -2.13. The summed E-state index contributed by atoms with van der Waals surface area (Å²) in [5.41, 5.74) is 2.18. The highest BCUT2D eigenvalue weighted by molar-refractivity contribution is 5.43. The highest BCUT2D eigenvalue weighted by Gasteiger charge is 2.07. The van der Waals surface area contributed by atoms with Gasteiger partial charge in [0.05, 0.1) is 20.8 Å². The predicted molar refractivity (Wildman–Crippen MR) is 112 cm³/mol. The van der Waals surface area contributed by atoms with Crippen molar-refractivity contribution in [2.24, 2.45) is 0 Å². The average molecular weight is 394 g/mol. The second kappa shape index (κ2) is 10.3. The Kier molecular flexibility index (Phi) is 7.30. The first kappa shape index (κ1) is 20.5. The van der Waals surface area contributed by atoms with Gasteiger partial charge >= 0.3 is 0 Å². The minimum atomic E-state index is 0.529. The van der Waals surface area contributed by atoms with Gasteiger partial charge in [0, 0.05) is 25.4 Å². The molecule has 3 aromatic rings. The predicted octanol–water partition coefficient (Wildman–Crippen LogP) is 4.58. The largest absolute Gasteiger partial charge is 0.493 e. The number of hydrogen-bond acceptors (Lipinski definition) is 6. The standard InChI is InChI=1S/C23H26N2O4/c1-4-28-20-7-5-6-8-21(20)29-23-12-10-18(16-25-23)15-24-14-17-9-11-19(26-2)22(13-17)27-3/h5-13,16,24H,4,14-15H2,1-3H3. The van der Waals surface area contributed by atoms with Crippen molar-refractivity contribution >= 4 is 0 Å². The number of aromatic nitrogens is 1. The molecule has 0 radical (unpaired) electrons. The fourth-order valence-corrected chi connectivity index (χ4v) is 2.84. The minimum absolute atomic E-state index is 0.529. The van der Waals surface area contributed by atoms with Crippen LogP contribution in [0.3, 0.4) is 0 Å². The van der Waals surface area contributed by atoms with Crippen molar-refractivity contribution in [2.75, 3.05) is 20.8 Å². The molecular weight excluding hydrogens is 368 g/mol. The zero-order valence-electron chi connectivity index (χ0n) is 17.0. The first-order chi connectivity index (χ1) is 14.2. The van der Waals surface area contributed by atoms with Crippen molar-refractivity contribution in [3.8, 4) is 28.9 Å². The fourth-order valence-electron chi connectivity index (χ4n) is 2.84. The van der Waals surface area contributed by atoms with Gasteiger partial charge in [0.1, 0.15) is 0 Å². The van der Waals surface area contributed by atoms with Crippen LogP contribution in [0.5, 0.6) is 28.9 Å². The summed E-state index contributed by atoms with van der Waals surface area (Å²) in [4.78, 5) is 4.40. The molecule has 0 bridgehead atoms. The van der Waals surface area contributed by atoms with Crippen LogP contribution in [0.4, 0.5) is 0 Å².